The fourth-order valence-corrected chi connectivity index (χ4v) is 6.12. The number of benzene rings is 3. The third kappa shape index (κ3) is 5.42. The fourth-order valence-electron chi connectivity index (χ4n) is 3.88. The normalized spacial score (nSPS) is 11.1. The molecule has 0 unspecified atom stereocenters. The van der Waals surface area contributed by atoms with E-state index in [9.17, 15) is 0 Å². The maximum Gasteiger partial charge on any atom is 0.0830 e. The Morgan fingerprint density at radius 2 is 1.30 bits per heavy atom. The van der Waals surface area contributed by atoms with Gasteiger partial charge in [0.15, 0.2) is 0 Å². The van der Waals surface area contributed by atoms with Crippen molar-refractivity contribution in [1.29, 1.82) is 0 Å². The van der Waals surface area contributed by atoms with E-state index in [0.29, 0.717) is 0 Å². The molecule has 5 rings (SSSR count). The van der Waals surface area contributed by atoms with Crippen LogP contribution < -0.4 is 16.0 Å². The van der Waals surface area contributed by atoms with Gasteiger partial charge >= 0.3 is 0 Å². The monoisotopic (exact) mass is 448 g/mol. The van der Waals surface area contributed by atoms with E-state index in [-0.39, 0.29) is 0 Å². The van der Waals surface area contributed by atoms with Gasteiger partial charge in [-0.15, -0.1) is 5.10 Å². The second-order valence-electron chi connectivity index (χ2n) is 7.92. The summed E-state index contributed by atoms with van der Waals surface area (Å²) in [6.45, 7) is 0.742. The Morgan fingerprint density at radius 3 is 1.97 bits per heavy atom. The van der Waals surface area contributed by atoms with Crippen molar-refractivity contribution in [2.45, 2.75) is 19.4 Å². The quantitative estimate of drug-likeness (QED) is 0.333. The Kier molecular flexibility index (Phi) is 6.65. The van der Waals surface area contributed by atoms with E-state index < -0.39 is 7.92 Å². The predicted molar refractivity (Wildman–Crippen MR) is 136 cm³/mol. The summed E-state index contributed by atoms with van der Waals surface area (Å²) in [7, 11) is -0.695. The van der Waals surface area contributed by atoms with E-state index in [1.807, 2.05) is 29.1 Å². The Morgan fingerprint density at radius 1 is 0.667 bits per heavy atom. The number of hydrogen-bond acceptors (Lipinski definition) is 3. The molecule has 0 fully saturated rings. The Bertz CT molecular complexity index is 1250. The zero-order valence-corrected chi connectivity index (χ0v) is 19.2. The molecule has 0 saturated carbocycles. The van der Waals surface area contributed by atoms with Gasteiger partial charge in [-0.1, -0.05) is 96.2 Å². The molecule has 0 bridgehead atoms. The van der Waals surface area contributed by atoms with E-state index in [2.05, 4.69) is 101 Å². The molecule has 0 radical (unpaired) electrons. The van der Waals surface area contributed by atoms with Gasteiger partial charge in [-0.25, -0.2) is 4.68 Å². The standard InChI is InChI=1S/C28H25N4P/c1-4-10-24(11-5-1)21-32-22-25(30-31-32)17-16-23-18-19-29-28(20-23)33(26-12-6-2-7-13-26)27-14-8-3-9-15-27/h1-15,18-20,22H,16-17,21H2. The Labute approximate surface area is 195 Å². The van der Waals surface area contributed by atoms with Crippen molar-refractivity contribution in [3.63, 3.8) is 0 Å². The van der Waals surface area contributed by atoms with Crippen molar-refractivity contribution < 1.29 is 0 Å². The molecular formula is C28H25N4P. The highest BCUT2D eigenvalue weighted by molar-refractivity contribution is 7.79. The number of hydrogen-bond donors (Lipinski definition) is 0. The molecule has 33 heavy (non-hydrogen) atoms. The minimum absolute atomic E-state index is 0.695. The predicted octanol–water partition coefficient (Wildman–Crippen LogP) is 4.26. The molecule has 0 aliphatic heterocycles. The molecule has 0 amide bonds. The highest BCUT2D eigenvalue weighted by Crippen LogP contribution is 2.31. The number of nitrogens with zero attached hydrogens (tertiary/aromatic N) is 4. The molecule has 0 saturated heterocycles. The van der Waals surface area contributed by atoms with Crippen LogP contribution in [0.1, 0.15) is 16.8 Å². The lowest BCUT2D eigenvalue weighted by Gasteiger charge is -2.18. The smallest absolute Gasteiger partial charge is 0.0830 e. The molecule has 2 heterocycles. The van der Waals surface area contributed by atoms with E-state index in [1.54, 1.807) is 0 Å². The molecule has 0 aliphatic rings. The minimum Gasteiger partial charge on any atom is -0.256 e. The summed E-state index contributed by atoms with van der Waals surface area (Å²) in [4.78, 5) is 4.80. The van der Waals surface area contributed by atoms with Gasteiger partial charge in [0, 0.05) is 20.3 Å². The molecule has 0 N–H and O–H groups in total. The average molecular weight is 449 g/mol. The lowest BCUT2D eigenvalue weighted by Crippen LogP contribution is -2.23. The molecule has 3 aromatic carbocycles. The summed E-state index contributed by atoms with van der Waals surface area (Å²) in [6.07, 6.45) is 5.76. The molecule has 0 spiro atoms. The van der Waals surface area contributed by atoms with Crippen LogP contribution in [0.4, 0.5) is 0 Å². The molecule has 162 valence electrons. The van der Waals surface area contributed by atoms with Crippen LogP contribution in [0.25, 0.3) is 0 Å². The van der Waals surface area contributed by atoms with Crippen molar-refractivity contribution >= 4 is 24.0 Å². The minimum atomic E-state index is -0.695. The van der Waals surface area contributed by atoms with Crippen LogP contribution in [0.15, 0.2) is 116 Å². The van der Waals surface area contributed by atoms with Gasteiger partial charge < -0.3 is 0 Å². The van der Waals surface area contributed by atoms with Gasteiger partial charge in [0.25, 0.3) is 0 Å². The molecule has 2 aromatic heterocycles. The van der Waals surface area contributed by atoms with Gasteiger partial charge in [-0.2, -0.15) is 0 Å². The van der Waals surface area contributed by atoms with Gasteiger partial charge in [0.05, 0.1) is 17.7 Å². The summed E-state index contributed by atoms with van der Waals surface area (Å²) in [5.41, 5.74) is 4.64. The molecule has 0 aliphatic carbocycles. The van der Waals surface area contributed by atoms with Crippen LogP contribution in [-0.2, 0) is 19.4 Å². The highest BCUT2D eigenvalue weighted by atomic mass is 31.1. The van der Waals surface area contributed by atoms with Crippen LogP contribution in [0, 0.1) is 0 Å². The van der Waals surface area contributed by atoms with Crippen LogP contribution in [-0.4, -0.2) is 20.0 Å². The van der Waals surface area contributed by atoms with Crippen LogP contribution in [0.2, 0.25) is 0 Å². The zero-order chi connectivity index (χ0) is 22.3. The summed E-state index contributed by atoms with van der Waals surface area (Å²) in [5.74, 6) is 0. The van der Waals surface area contributed by atoms with Crippen LogP contribution in [0.3, 0.4) is 0 Å². The second-order valence-corrected chi connectivity index (χ2v) is 10.1. The summed E-state index contributed by atoms with van der Waals surface area (Å²) < 4.78 is 1.91. The second kappa shape index (κ2) is 10.3. The third-order valence-corrected chi connectivity index (χ3v) is 7.84. The Balaban J connectivity index is 1.33. The van der Waals surface area contributed by atoms with Gasteiger partial charge in [-0.05, 0) is 46.7 Å². The number of aryl methyl sites for hydroxylation is 2. The summed E-state index contributed by atoms with van der Waals surface area (Å²) in [5, 5.41) is 11.3. The van der Waals surface area contributed by atoms with E-state index in [0.717, 1.165) is 30.5 Å². The molecule has 0 atom stereocenters. The highest BCUT2D eigenvalue weighted by Gasteiger charge is 2.18. The van der Waals surface area contributed by atoms with E-state index in [1.165, 1.54) is 21.7 Å². The SMILES string of the molecule is c1ccc(Cn2cc(CCc3ccnc(P(c4ccccc4)c4ccccc4)c3)nn2)cc1. The van der Waals surface area contributed by atoms with Crippen molar-refractivity contribution in [2.75, 3.05) is 0 Å². The van der Waals surface area contributed by atoms with Crippen molar-refractivity contribution in [3.05, 3.63) is 132 Å². The first kappa shape index (κ1) is 21.2. The molecule has 5 aromatic rings. The topological polar surface area (TPSA) is 43.6 Å². The third-order valence-electron chi connectivity index (χ3n) is 5.51. The average Bonchev–Trinajstić information content (AvgIpc) is 3.32. The van der Waals surface area contributed by atoms with Crippen molar-refractivity contribution in [3.8, 4) is 0 Å². The number of rotatable bonds is 8. The summed E-state index contributed by atoms with van der Waals surface area (Å²) in [6, 6.07) is 36.1. The van der Waals surface area contributed by atoms with Crippen LogP contribution >= 0.6 is 7.92 Å². The first-order chi connectivity index (χ1) is 16.3. The molecule has 5 heteroatoms. The van der Waals surface area contributed by atoms with Crippen LogP contribution in [0.5, 0.6) is 0 Å². The molecule has 4 nitrogen and oxygen atoms in total. The van der Waals surface area contributed by atoms with E-state index >= 15 is 0 Å². The summed E-state index contributed by atoms with van der Waals surface area (Å²) >= 11 is 0. The largest absolute Gasteiger partial charge is 0.256 e. The number of pyridine rings is 1. The van der Waals surface area contributed by atoms with Gasteiger partial charge in [-0.3, -0.25) is 4.98 Å². The molecular weight excluding hydrogens is 423 g/mol. The lowest BCUT2D eigenvalue weighted by atomic mass is 10.1. The van der Waals surface area contributed by atoms with Gasteiger partial charge in [0.1, 0.15) is 0 Å². The maximum absolute atomic E-state index is 4.80. The van der Waals surface area contributed by atoms with E-state index in [4.69, 9.17) is 4.98 Å². The zero-order valence-electron chi connectivity index (χ0n) is 18.3. The van der Waals surface area contributed by atoms with Crippen molar-refractivity contribution in [1.82, 2.24) is 20.0 Å². The lowest BCUT2D eigenvalue weighted by molar-refractivity contribution is 0.649. The van der Waals surface area contributed by atoms with Gasteiger partial charge in [0.2, 0.25) is 0 Å². The number of aromatic nitrogens is 4. The fraction of sp³-hybridized carbons (Fsp3) is 0.107. The van der Waals surface area contributed by atoms with Crippen molar-refractivity contribution in [2.24, 2.45) is 0 Å². The first-order valence-electron chi connectivity index (χ1n) is 11.1. The first-order valence-corrected chi connectivity index (χ1v) is 12.5. The Hall–Kier alpha value is -3.62. The maximum atomic E-state index is 4.80.